The molecule has 0 rings (SSSR count). The van der Waals surface area contributed by atoms with Crippen molar-refractivity contribution in [1.82, 2.24) is 26.6 Å². The summed E-state index contributed by atoms with van der Waals surface area (Å²) in [5.74, 6) is -4.37. The quantitative estimate of drug-likeness (QED) is 0.0900. The van der Waals surface area contributed by atoms with Crippen LogP contribution >= 0.6 is 11.8 Å². The van der Waals surface area contributed by atoms with Crippen molar-refractivity contribution in [3.8, 4) is 0 Å². The molecule has 5 amide bonds. The number of nitrogens with one attached hydrogen (secondary N) is 5. The van der Waals surface area contributed by atoms with Gasteiger partial charge in [0, 0.05) is 0 Å². The topological polar surface area (TPSA) is 229 Å². The Morgan fingerprint density at radius 2 is 1.68 bits per heavy atom. The molecule has 0 aromatic carbocycles. The Labute approximate surface area is 182 Å². The maximum absolute atomic E-state index is 12.4. The summed E-state index contributed by atoms with van der Waals surface area (Å²) in [6, 6.07) is -4.13. The number of aliphatic hydroxyl groups excluding tert-OH is 1. The highest BCUT2D eigenvalue weighted by atomic mass is 32.2. The van der Waals surface area contributed by atoms with Crippen LogP contribution < -0.4 is 32.3 Å². The van der Waals surface area contributed by atoms with Crippen molar-refractivity contribution in [1.29, 1.82) is 0 Å². The van der Waals surface area contributed by atoms with Crippen molar-refractivity contribution in [2.45, 2.75) is 36.5 Å². The average molecular weight is 465 g/mol. The van der Waals surface area contributed by atoms with Gasteiger partial charge in [0.15, 0.2) is 6.29 Å². The molecule has 0 aliphatic rings. The molecule has 0 bridgehead atoms. The second-order valence-electron chi connectivity index (χ2n) is 6.30. The van der Waals surface area contributed by atoms with Gasteiger partial charge < -0.3 is 42.5 Å². The van der Waals surface area contributed by atoms with Crippen molar-refractivity contribution in [3.63, 3.8) is 0 Å². The molecule has 2 unspecified atom stereocenters. The van der Waals surface area contributed by atoms with Gasteiger partial charge in [-0.3, -0.25) is 28.8 Å². The van der Waals surface area contributed by atoms with Gasteiger partial charge in [0.1, 0.15) is 18.1 Å². The average Bonchev–Trinajstić information content (AvgIpc) is 2.70. The molecule has 0 aliphatic carbocycles. The zero-order chi connectivity index (χ0) is 24.2. The maximum Gasteiger partial charge on any atom is 0.246 e. The fraction of sp³-hybridized carbons (Fsp3) is 0.625. The third-order valence-corrected chi connectivity index (χ3v) is 4.56. The SMILES string of the molecule is CNCC(=O)NC(CO)C(=O)N[C@@H](C)C(=O)N[C@@H](CC(N)=O)C(=O)NC(O)(C=O)SC. The van der Waals surface area contributed by atoms with Gasteiger partial charge in [-0.1, -0.05) is 0 Å². The first-order valence-corrected chi connectivity index (χ1v) is 10.1. The largest absolute Gasteiger partial charge is 0.394 e. The van der Waals surface area contributed by atoms with Crippen molar-refractivity contribution in [2.24, 2.45) is 5.73 Å². The van der Waals surface area contributed by atoms with Gasteiger partial charge in [-0.05, 0) is 20.2 Å². The molecule has 0 aliphatic heterocycles. The van der Waals surface area contributed by atoms with Crippen molar-refractivity contribution >= 4 is 47.6 Å². The monoisotopic (exact) mass is 464 g/mol. The van der Waals surface area contributed by atoms with Crippen LogP contribution in [0.25, 0.3) is 0 Å². The van der Waals surface area contributed by atoms with Gasteiger partial charge in [-0.15, -0.1) is 11.8 Å². The maximum atomic E-state index is 12.4. The van der Waals surface area contributed by atoms with Crippen molar-refractivity contribution < 1.29 is 39.0 Å². The fourth-order valence-corrected chi connectivity index (χ4v) is 2.38. The molecule has 0 fully saturated rings. The Morgan fingerprint density at radius 1 is 1.06 bits per heavy atom. The number of thioether (sulfide) groups is 1. The van der Waals surface area contributed by atoms with E-state index < -0.39 is 65.7 Å². The van der Waals surface area contributed by atoms with Gasteiger partial charge >= 0.3 is 0 Å². The smallest absolute Gasteiger partial charge is 0.246 e. The van der Waals surface area contributed by atoms with Crippen molar-refractivity contribution in [3.05, 3.63) is 0 Å². The van der Waals surface area contributed by atoms with E-state index in [-0.39, 0.29) is 12.8 Å². The third kappa shape index (κ3) is 10.2. The molecule has 0 spiro atoms. The van der Waals surface area contributed by atoms with Crippen LogP contribution in [0, 0.1) is 0 Å². The van der Waals surface area contributed by atoms with Gasteiger partial charge in [0.25, 0.3) is 0 Å². The molecule has 0 saturated heterocycles. The Bertz CT molecular complexity index is 693. The number of primary amides is 1. The molecular formula is C16H28N6O8S. The van der Waals surface area contributed by atoms with Crippen LogP contribution in [-0.2, 0) is 28.8 Å². The number of rotatable bonds is 14. The number of aldehydes is 1. The van der Waals surface area contributed by atoms with Crippen LogP contribution in [-0.4, -0.2) is 95.7 Å². The Morgan fingerprint density at radius 3 is 2.13 bits per heavy atom. The molecule has 176 valence electrons. The molecule has 14 nitrogen and oxygen atoms in total. The first-order chi connectivity index (χ1) is 14.4. The molecule has 0 saturated carbocycles. The Balaban J connectivity index is 5.14. The van der Waals surface area contributed by atoms with Crippen molar-refractivity contribution in [2.75, 3.05) is 26.5 Å². The van der Waals surface area contributed by atoms with E-state index in [2.05, 4.69) is 21.3 Å². The first-order valence-electron chi connectivity index (χ1n) is 8.92. The molecule has 0 aromatic heterocycles. The highest BCUT2D eigenvalue weighted by Crippen LogP contribution is 2.13. The number of likely N-dealkylation sites (N-methyl/N-ethyl adjacent to an activating group) is 1. The minimum absolute atomic E-state index is 0.0545. The second kappa shape index (κ2) is 13.5. The number of hydrogen-bond donors (Lipinski definition) is 8. The third-order valence-electron chi connectivity index (χ3n) is 3.74. The minimum atomic E-state index is -2.28. The molecule has 31 heavy (non-hydrogen) atoms. The second-order valence-corrected chi connectivity index (χ2v) is 7.33. The summed E-state index contributed by atoms with van der Waals surface area (Å²) in [6.07, 6.45) is 0.737. The zero-order valence-electron chi connectivity index (χ0n) is 17.3. The van der Waals surface area contributed by atoms with E-state index in [0.717, 1.165) is 0 Å². The summed E-state index contributed by atoms with van der Waals surface area (Å²) in [7, 11) is 1.51. The molecule has 0 aromatic rings. The number of hydrogen-bond acceptors (Lipinski definition) is 10. The standard InChI is InChI=1S/C16H28N6O8S/c1-8(19-14(28)10(6-23)20-12(26)5-18-2)13(27)21-9(4-11(17)25)15(29)22-16(30,7-24)31-3/h7-10,18,23,30H,4-6H2,1-3H3,(H2,17,25)(H,19,28)(H,20,26)(H,21,27)(H,22,29)/t8-,9-,10?,16?/m0/s1. The number of carbonyl (C=O) groups excluding carboxylic acids is 6. The van der Waals surface area contributed by atoms with Gasteiger partial charge in [-0.2, -0.15) is 0 Å². The highest BCUT2D eigenvalue weighted by molar-refractivity contribution is 8.00. The summed E-state index contributed by atoms with van der Waals surface area (Å²) in [6.45, 7) is 0.411. The van der Waals surface area contributed by atoms with Crippen LogP contribution in [0.15, 0.2) is 0 Å². The summed E-state index contributed by atoms with van der Waals surface area (Å²) >= 11 is 0.591. The van der Waals surface area contributed by atoms with Gasteiger partial charge in [-0.25, -0.2) is 0 Å². The van der Waals surface area contributed by atoms with E-state index in [1.165, 1.54) is 20.2 Å². The van der Waals surface area contributed by atoms with E-state index in [1.807, 2.05) is 5.32 Å². The molecular weight excluding hydrogens is 436 g/mol. The number of aliphatic hydroxyl groups is 2. The molecule has 0 radical (unpaired) electrons. The number of nitrogens with two attached hydrogens (primary N) is 1. The van der Waals surface area contributed by atoms with Crippen LogP contribution in [0.2, 0.25) is 0 Å². The predicted molar refractivity (Wildman–Crippen MR) is 109 cm³/mol. The number of carbonyl (C=O) groups is 6. The minimum Gasteiger partial charge on any atom is -0.394 e. The van der Waals surface area contributed by atoms with Gasteiger partial charge in [0.2, 0.25) is 34.6 Å². The van der Waals surface area contributed by atoms with Crippen LogP contribution in [0.4, 0.5) is 0 Å². The van der Waals surface area contributed by atoms with E-state index in [0.29, 0.717) is 11.8 Å². The molecule has 15 heteroatoms. The lowest BCUT2D eigenvalue weighted by molar-refractivity contribution is -0.137. The zero-order valence-corrected chi connectivity index (χ0v) is 18.1. The highest BCUT2D eigenvalue weighted by Gasteiger charge is 2.33. The lowest BCUT2D eigenvalue weighted by Gasteiger charge is -2.25. The fourth-order valence-electron chi connectivity index (χ4n) is 2.08. The Hall–Kier alpha value is -2.75. The van der Waals surface area contributed by atoms with E-state index in [9.17, 15) is 39.0 Å². The van der Waals surface area contributed by atoms with Crippen LogP contribution in [0.5, 0.6) is 0 Å². The summed E-state index contributed by atoms with van der Waals surface area (Å²) < 4.78 is 0. The summed E-state index contributed by atoms with van der Waals surface area (Å²) in [4.78, 5) is 70.5. The van der Waals surface area contributed by atoms with Gasteiger partial charge in [0.05, 0.1) is 19.6 Å². The lowest BCUT2D eigenvalue weighted by atomic mass is 10.1. The summed E-state index contributed by atoms with van der Waals surface area (Å²) in [5, 5.41) is 28.1. The number of amides is 5. The Kier molecular flexibility index (Phi) is 12.3. The van der Waals surface area contributed by atoms with E-state index in [4.69, 9.17) is 5.73 Å². The lowest BCUT2D eigenvalue weighted by Crippen LogP contribution is -2.59. The molecule has 9 N–H and O–H groups in total. The molecule has 4 atom stereocenters. The van der Waals surface area contributed by atoms with E-state index in [1.54, 1.807) is 0 Å². The normalized spacial score (nSPS) is 15.4. The first kappa shape index (κ1) is 28.2. The predicted octanol–water partition coefficient (Wildman–Crippen LogP) is -5.13. The van der Waals surface area contributed by atoms with Crippen LogP contribution in [0.1, 0.15) is 13.3 Å². The van der Waals surface area contributed by atoms with Crippen LogP contribution in [0.3, 0.4) is 0 Å². The van der Waals surface area contributed by atoms with E-state index >= 15 is 0 Å². The molecule has 0 heterocycles. The summed E-state index contributed by atoms with van der Waals surface area (Å²) in [5.41, 5.74) is 5.07.